The van der Waals surface area contributed by atoms with Crippen molar-refractivity contribution in [2.45, 2.75) is 37.0 Å². The predicted octanol–water partition coefficient (Wildman–Crippen LogP) is 3.54. The van der Waals surface area contributed by atoms with Crippen molar-refractivity contribution in [3.63, 3.8) is 0 Å². The van der Waals surface area contributed by atoms with Gasteiger partial charge in [-0.15, -0.1) is 0 Å². The quantitative estimate of drug-likeness (QED) is 0.780. The van der Waals surface area contributed by atoms with E-state index in [4.69, 9.17) is 34.8 Å². The fourth-order valence-electron chi connectivity index (χ4n) is 1.35. The van der Waals surface area contributed by atoms with Crippen LogP contribution in [0, 0.1) is 6.92 Å². The number of halogens is 3. The van der Waals surface area contributed by atoms with Gasteiger partial charge in [-0.25, -0.2) is 0 Å². The lowest BCUT2D eigenvalue weighted by Crippen LogP contribution is -2.14. The second kappa shape index (κ2) is 5.09. The average Bonchev–Trinajstić information content (AvgIpc) is 2.30. The number of nitrogens with zero attached hydrogens (tertiary/aromatic N) is 1. The van der Waals surface area contributed by atoms with Crippen LogP contribution in [0.15, 0.2) is 4.79 Å². The minimum absolute atomic E-state index is 0.0265. The summed E-state index contributed by atoms with van der Waals surface area (Å²) in [6.07, 6.45) is 1.21. The Hall–Kier alpha value is 0.300. The highest BCUT2D eigenvalue weighted by atomic mass is 35.6. The second-order valence-corrected chi connectivity index (χ2v) is 6.88. The number of aromatic nitrogens is 1. The zero-order valence-electron chi connectivity index (χ0n) is 8.52. The Kier molecular flexibility index (Phi) is 4.53. The van der Waals surface area contributed by atoms with E-state index in [9.17, 15) is 4.79 Å². The maximum absolute atomic E-state index is 11.6. The first-order valence-electron chi connectivity index (χ1n) is 4.61. The molecule has 0 spiro atoms. The zero-order valence-corrected chi connectivity index (χ0v) is 11.6. The summed E-state index contributed by atoms with van der Waals surface area (Å²) in [7, 11) is 0. The molecule has 0 saturated carbocycles. The average molecular weight is 289 g/mol. The second-order valence-electron chi connectivity index (χ2n) is 3.32. The van der Waals surface area contributed by atoms with E-state index in [0.29, 0.717) is 6.42 Å². The maximum atomic E-state index is 11.6. The first-order chi connectivity index (χ1) is 6.85. The predicted molar refractivity (Wildman–Crippen MR) is 67.6 cm³/mol. The number of thiazole rings is 1. The van der Waals surface area contributed by atoms with E-state index in [1.807, 2.05) is 13.8 Å². The van der Waals surface area contributed by atoms with Gasteiger partial charge in [0.05, 0.1) is 0 Å². The van der Waals surface area contributed by atoms with Gasteiger partial charge >= 0.3 is 4.87 Å². The molecule has 0 N–H and O–H groups in total. The molecule has 0 aromatic carbocycles. The Morgan fingerprint density at radius 1 is 1.40 bits per heavy atom. The molecule has 0 amide bonds. The van der Waals surface area contributed by atoms with Crippen LogP contribution >= 0.6 is 46.1 Å². The first-order valence-corrected chi connectivity index (χ1v) is 6.56. The maximum Gasteiger partial charge on any atom is 0.307 e. The Balaban J connectivity index is 3.02. The van der Waals surface area contributed by atoms with E-state index in [0.717, 1.165) is 34.9 Å². The molecule has 1 aromatic heterocycles. The van der Waals surface area contributed by atoms with Crippen LogP contribution < -0.4 is 4.87 Å². The van der Waals surface area contributed by atoms with Gasteiger partial charge in [0, 0.05) is 23.5 Å². The van der Waals surface area contributed by atoms with E-state index >= 15 is 0 Å². The molecule has 1 aromatic rings. The minimum atomic E-state index is -1.33. The lowest BCUT2D eigenvalue weighted by Gasteiger charge is -2.09. The molecule has 0 aliphatic heterocycles. The van der Waals surface area contributed by atoms with Crippen LogP contribution in [0.2, 0.25) is 0 Å². The van der Waals surface area contributed by atoms with E-state index in [-0.39, 0.29) is 4.87 Å². The smallest absolute Gasteiger partial charge is 0.303 e. The van der Waals surface area contributed by atoms with Gasteiger partial charge in [-0.3, -0.25) is 4.79 Å². The zero-order chi connectivity index (χ0) is 11.6. The van der Waals surface area contributed by atoms with Gasteiger partial charge in [0.2, 0.25) is 0 Å². The fraction of sp³-hybridized carbons (Fsp3) is 0.667. The van der Waals surface area contributed by atoms with Crippen molar-refractivity contribution < 1.29 is 0 Å². The summed E-state index contributed by atoms with van der Waals surface area (Å²) in [4.78, 5) is 12.5. The van der Waals surface area contributed by atoms with E-state index in [1.165, 1.54) is 0 Å². The van der Waals surface area contributed by atoms with Crippen molar-refractivity contribution in [1.29, 1.82) is 0 Å². The van der Waals surface area contributed by atoms with Crippen LogP contribution in [-0.4, -0.2) is 8.36 Å². The minimum Gasteiger partial charge on any atom is -0.303 e. The topological polar surface area (TPSA) is 22.0 Å². The van der Waals surface area contributed by atoms with Gasteiger partial charge in [-0.05, 0) is 13.3 Å². The molecule has 1 rings (SSSR count). The molecule has 0 fully saturated rings. The highest BCUT2D eigenvalue weighted by molar-refractivity contribution is 7.09. The molecule has 86 valence electrons. The molecule has 0 unspecified atom stereocenters. The van der Waals surface area contributed by atoms with Gasteiger partial charge in [0.15, 0.2) is 3.79 Å². The van der Waals surface area contributed by atoms with Crippen molar-refractivity contribution >= 4 is 46.1 Å². The Morgan fingerprint density at radius 3 is 2.47 bits per heavy atom. The molecule has 0 aliphatic carbocycles. The van der Waals surface area contributed by atoms with Crippen LogP contribution in [0.1, 0.15) is 23.9 Å². The fourth-order valence-corrected chi connectivity index (χ4v) is 3.08. The highest BCUT2D eigenvalue weighted by Gasteiger charge is 2.24. The summed E-state index contributed by atoms with van der Waals surface area (Å²) < 4.78 is 0.405. The number of hydrogen-bond acceptors (Lipinski definition) is 2. The summed E-state index contributed by atoms with van der Waals surface area (Å²) in [6, 6.07) is 0. The van der Waals surface area contributed by atoms with Gasteiger partial charge in [0.25, 0.3) is 0 Å². The molecule has 15 heavy (non-hydrogen) atoms. The number of hydrogen-bond donors (Lipinski definition) is 0. The third-order valence-corrected chi connectivity index (χ3v) is 3.53. The SMILES string of the molecule is CCCn1c(C)c(CC(Cl)(Cl)Cl)sc1=O. The largest absolute Gasteiger partial charge is 0.307 e. The molecular formula is C9H12Cl3NOS. The third kappa shape index (κ3) is 3.66. The van der Waals surface area contributed by atoms with E-state index in [2.05, 4.69) is 0 Å². The monoisotopic (exact) mass is 287 g/mol. The molecular weight excluding hydrogens is 277 g/mol. The van der Waals surface area contributed by atoms with Gasteiger partial charge < -0.3 is 4.57 Å². The number of rotatable bonds is 3. The van der Waals surface area contributed by atoms with Crippen molar-refractivity contribution in [2.24, 2.45) is 0 Å². The summed E-state index contributed by atoms with van der Waals surface area (Å²) >= 11 is 18.3. The van der Waals surface area contributed by atoms with Gasteiger partial charge in [0.1, 0.15) is 0 Å². The molecule has 0 atom stereocenters. The summed E-state index contributed by atoms with van der Waals surface area (Å²) in [6.45, 7) is 4.64. The van der Waals surface area contributed by atoms with Crippen molar-refractivity contribution in [2.75, 3.05) is 0 Å². The standard InChI is InChI=1S/C9H12Cl3NOS/c1-3-4-13-6(2)7(15-8(13)14)5-9(10,11)12/h3-5H2,1-2H3. The van der Waals surface area contributed by atoms with Crippen LogP contribution in [0.4, 0.5) is 0 Å². The summed E-state index contributed by atoms with van der Waals surface area (Å²) in [5.74, 6) is 0. The van der Waals surface area contributed by atoms with E-state index in [1.54, 1.807) is 4.57 Å². The molecule has 6 heteroatoms. The Labute approximate surface area is 108 Å². The Bertz CT molecular complexity index is 391. The van der Waals surface area contributed by atoms with Crippen molar-refractivity contribution in [3.8, 4) is 0 Å². The lowest BCUT2D eigenvalue weighted by molar-refractivity contribution is 0.647. The van der Waals surface area contributed by atoms with Crippen LogP contribution in [0.5, 0.6) is 0 Å². The van der Waals surface area contributed by atoms with Gasteiger partial charge in [-0.2, -0.15) is 0 Å². The van der Waals surface area contributed by atoms with Crippen molar-refractivity contribution in [1.82, 2.24) is 4.57 Å². The van der Waals surface area contributed by atoms with Crippen LogP contribution in [0.3, 0.4) is 0 Å². The highest BCUT2D eigenvalue weighted by Crippen LogP contribution is 2.32. The normalized spacial score (nSPS) is 12.1. The summed E-state index contributed by atoms with van der Waals surface area (Å²) in [5, 5.41) is 0. The summed E-state index contributed by atoms with van der Waals surface area (Å²) in [5.41, 5.74) is 0.915. The molecule has 2 nitrogen and oxygen atoms in total. The first kappa shape index (κ1) is 13.4. The molecule has 0 aliphatic rings. The molecule has 0 bridgehead atoms. The Morgan fingerprint density at radius 2 is 2.00 bits per heavy atom. The molecule has 0 radical (unpaired) electrons. The molecule has 0 saturated heterocycles. The number of alkyl halides is 3. The van der Waals surface area contributed by atoms with Crippen molar-refractivity contribution in [3.05, 3.63) is 20.2 Å². The molecule has 1 heterocycles. The third-order valence-electron chi connectivity index (χ3n) is 2.05. The van der Waals surface area contributed by atoms with Gasteiger partial charge in [-0.1, -0.05) is 53.1 Å². The van der Waals surface area contributed by atoms with Crippen LogP contribution in [0.25, 0.3) is 0 Å². The van der Waals surface area contributed by atoms with E-state index < -0.39 is 3.79 Å². The van der Waals surface area contributed by atoms with Crippen LogP contribution in [-0.2, 0) is 13.0 Å². The lowest BCUT2D eigenvalue weighted by atomic mass is 10.3.